The zero-order valence-electron chi connectivity index (χ0n) is 16.9. The Kier molecular flexibility index (Phi) is 5.11. The quantitative estimate of drug-likeness (QED) is 0.443. The Morgan fingerprint density at radius 1 is 0.900 bits per heavy atom. The van der Waals surface area contributed by atoms with Crippen LogP contribution >= 0.6 is 0 Å². The summed E-state index contributed by atoms with van der Waals surface area (Å²) in [6, 6.07) is 12.4. The van der Waals surface area contributed by atoms with Gasteiger partial charge in [0.2, 0.25) is 17.7 Å². The Morgan fingerprint density at radius 2 is 1.60 bits per heavy atom. The highest BCUT2D eigenvalue weighted by Gasteiger charge is 2.37. The molecule has 30 heavy (non-hydrogen) atoms. The lowest BCUT2D eigenvalue weighted by Gasteiger charge is -2.19. The van der Waals surface area contributed by atoms with Crippen LogP contribution in [0.3, 0.4) is 0 Å². The minimum atomic E-state index is -0.557. The Bertz CT molecular complexity index is 1050. The van der Waals surface area contributed by atoms with E-state index in [1.54, 1.807) is 30.0 Å². The third-order valence-corrected chi connectivity index (χ3v) is 5.54. The molecule has 0 saturated carbocycles. The van der Waals surface area contributed by atoms with Gasteiger partial charge in [-0.1, -0.05) is 18.2 Å². The van der Waals surface area contributed by atoms with Crippen molar-refractivity contribution in [2.75, 3.05) is 16.3 Å². The second-order valence-corrected chi connectivity index (χ2v) is 7.68. The van der Waals surface area contributed by atoms with Crippen molar-refractivity contribution >= 4 is 35.1 Å². The van der Waals surface area contributed by atoms with E-state index in [1.165, 1.54) is 4.90 Å². The van der Waals surface area contributed by atoms with Gasteiger partial charge in [0.05, 0.1) is 11.6 Å². The van der Waals surface area contributed by atoms with Crippen LogP contribution in [-0.4, -0.2) is 30.2 Å². The summed E-state index contributed by atoms with van der Waals surface area (Å²) in [5, 5.41) is 0. The molecule has 4 rings (SSSR count). The zero-order chi connectivity index (χ0) is 21.4. The number of carbonyl (C=O) groups is 4. The second-order valence-electron chi connectivity index (χ2n) is 7.68. The fourth-order valence-electron chi connectivity index (χ4n) is 3.95. The number of aryl methyl sites for hydroxylation is 2. The number of rotatable bonds is 4. The molecule has 3 amide bonds. The van der Waals surface area contributed by atoms with E-state index in [-0.39, 0.29) is 43.5 Å². The minimum Gasteiger partial charge on any atom is -0.426 e. The first-order chi connectivity index (χ1) is 14.3. The van der Waals surface area contributed by atoms with Gasteiger partial charge in [-0.2, -0.15) is 0 Å². The monoisotopic (exact) mass is 406 g/mol. The SMILES string of the molecule is Cc1ccccc1N1C[C@@H](C(=O)Oc2ccc(N3C(=O)CCC3=O)c(C)c2)CC1=O. The molecule has 0 bridgehead atoms. The number of esters is 1. The first-order valence-electron chi connectivity index (χ1n) is 9.89. The Labute approximate surface area is 174 Å². The van der Waals surface area contributed by atoms with Gasteiger partial charge in [-0.25, -0.2) is 0 Å². The number of hydrogen-bond acceptors (Lipinski definition) is 5. The molecule has 1 atom stereocenters. The van der Waals surface area contributed by atoms with Crippen molar-refractivity contribution < 1.29 is 23.9 Å². The summed E-state index contributed by atoms with van der Waals surface area (Å²) < 4.78 is 5.51. The zero-order valence-corrected chi connectivity index (χ0v) is 16.9. The van der Waals surface area contributed by atoms with Gasteiger partial charge in [0.25, 0.3) is 0 Å². The van der Waals surface area contributed by atoms with E-state index in [4.69, 9.17) is 4.74 Å². The number of para-hydroxylation sites is 1. The minimum absolute atomic E-state index is 0.0982. The number of benzene rings is 2. The average Bonchev–Trinajstić information content (AvgIpc) is 3.25. The molecule has 154 valence electrons. The van der Waals surface area contributed by atoms with E-state index in [0.29, 0.717) is 17.0 Å². The van der Waals surface area contributed by atoms with Crippen LogP contribution in [-0.2, 0) is 19.2 Å². The van der Waals surface area contributed by atoms with E-state index < -0.39 is 11.9 Å². The van der Waals surface area contributed by atoms with Crippen molar-refractivity contribution in [2.45, 2.75) is 33.1 Å². The maximum Gasteiger partial charge on any atom is 0.316 e. The first-order valence-corrected chi connectivity index (χ1v) is 9.89. The molecule has 0 unspecified atom stereocenters. The molecule has 2 aliphatic rings. The third-order valence-electron chi connectivity index (χ3n) is 5.54. The summed E-state index contributed by atoms with van der Waals surface area (Å²) in [5.41, 5.74) is 2.94. The predicted octanol–water partition coefficient (Wildman–Crippen LogP) is 2.92. The van der Waals surface area contributed by atoms with Gasteiger partial charge in [-0.05, 0) is 49.2 Å². The van der Waals surface area contributed by atoms with Crippen LogP contribution in [0.2, 0.25) is 0 Å². The standard InChI is InChI=1S/C23H22N2O5/c1-14-5-3-4-6-18(14)24-13-16(12-22(24)28)23(29)30-17-7-8-19(15(2)11-17)25-20(26)9-10-21(25)27/h3-8,11,16H,9-10,12-13H2,1-2H3/t16-/m0/s1. The molecule has 2 aliphatic heterocycles. The maximum atomic E-state index is 12.7. The molecule has 0 aliphatic carbocycles. The van der Waals surface area contributed by atoms with Crippen LogP contribution in [0.1, 0.15) is 30.4 Å². The van der Waals surface area contributed by atoms with Gasteiger partial charge in [-0.3, -0.25) is 24.1 Å². The van der Waals surface area contributed by atoms with Crippen molar-refractivity contribution in [1.29, 1.82) is 0 Å². The normalized spacial score (nSPS) is 19.0. The highest BCUT2D eigenvalue weighted by atomic mass is 16.5. The van der Waals surface area contributed by atoms with Crippen LogP contribution < -0.4 is 14.5 Å². The van der Waals surface area contributed by atoms with E-state index in [1.807, 2.05) is 31.2 Å². The number of amides is 3. The van der Waals surface area contributed by atoms with Gasteiger partial charge in [0.15, 0.2) is 0 Å². The molecule has 0 radical (unpaired) electrons. The molecular formula is C23H22N2O5. The van der Waals surface area contributed by atoms with Crippen LogP contribution in [0, 0.1) is 19.8 Å². The second kappa shape index (κ2) is 7.74. The fourth-order valence-corrected chi connectivity index (χ4v) is 3.95. The molecule has 2 aromatic rings. The summed E-state index contributed by atoms with van der Waals surface area (Å²) in [4.78, 5) is 51.8. The van der Waals surface area contributed by atoms with Gasteiger partial charge < -0.3 is 9.64 Å². The number of anilines is 2. The molecule has 2 fully saturated rings. The first kappa shape index (κ1) is 19.8. The smallest absolute Gasteiger partial charge is 0.316 e. The van der Waals surface area contributed by atoms with E-state index in [0.717, 1.165) is 11.3 Å². The Balaban J connectivity index is 1.46. The van der Waals surface area contributed by atoms with E-state index in [9.17, 15) is 19.2 Å². The van der Waals surface area contributed by atoms with Crippen molar-refractivity contribution in [2.24, 2.45) is 5.92 Å². The lowest BCUT2D eigenvalue weighted by Crippen LogP contribution is -2.29. The van der Waals surface area contributed by atoms with Gasteiger partial charge >= 0.3 is 5.97 Å². The summed E-state index contributed by atoms with van der Waals surface area (Å²) in [7, 11) is 0. The van der Waals surface area contributed by atoms with E-state index in [2.05, 4.69) is 0 Å². The number of nitrogens with zero attached hydrogens (tertiary/aromatic N) is 2. The van der Waals surface area contributed by atoms with Crippen LogP contribution in [0.25, 0.3) is 0 Å². The lowest BCUT2D eigenvalue weighted by atomic mass is 10.1. The average molecular weight is 406 g/mol. The van der Waals surface area contributed by atoms with Crippen molar-refractivity contribution in [3.8, 4) is 5.75 Å². The molecule has 0 spiro atoms. The topological polar surface area (TPSA) is 84.0 Å². The molecular weight excluding hydrogens is 384 g/mol. The molecule has 2 saturated heterocycles. The largest absolute Gasteiger partial charge is 0.426 e. The number of carbonyl (C=O) groups excluding carboxylic acids is 4. The van der Waals surface area contributed by atoms with Crippen LogP contribution in [0.5, 0.6) is 5.75 Å². The lowest BCUT2D eigenvalue weighted by molar-refractivity contribution is -0.139. The van der Waals surface area contributed by atoms with Gasteiger partial charge in [0.1, 0.15) is 5.75 Å². The molecule has 7 nitrogen and oxygen atoms in total. The van der Waals surface area contributed by atoms with Crippen molar-refractivity contribution in [3.05, 3.63) is 53.6 Å². The van der Waals surface area contributed by atoms with Crippen LogP contribution in [0.4, 0.5) is 11.4 Å². The van der Waals surface area contributed by atoms with Gasteiger partial charge in [-0.15, -0.1) is 0 Å². The summed E-state index contributed by atoms with van der Waals surface area (Å²) in [6.07, 6.45) is 0.519. The summed E-state index contributed by atoms with van der Waals surface area (Å²) in [5.74, 6) is -1.27. The molecule has 0 N–H and O–H groups in total. The van der Waals surface area contributed by atoms with E-state index >= 15 is 0 Å². The Hall–Kier alpha value is -3.48. The maximum absolute atomic E-state index is 12.7. The number of hydrogen-bond donors (Lipinski definition) is 0. The fraction of sp³-hybridized carbons (Fsp3) is 0.304. The molecule has 2 aromatic carbocycles. The highest BCUT2D eigenvalue weighted by Crippen LogP contribution is 2.31. The van der Waals surface area contributed by atoms with Crippen molar-refractivity contribution in [3.63, 3.8) is 0 Å². The van der Waals surface area contributed by atoms with Gasteiger partial charge in [0, 0.05) is 31.5 Å². The number of imide groups is 1. The van der Waals surface area contributed by atoms with Crippen molar-refractivity contribution in [1.82, 2.24) is 0 Å². The molecule has 2 heterocycles. The Morgan fingerprint density at radius 3 is 2.27 bits per heavy atom. The highest BCUT2D eigenvalue weighted by molar-refractivity contribution is 6.20. The summed E-state index contributed by atoms with van der Waals surface area (Å²) in [6.45, 7) is 3.95. The molecule has 7 heteroatoms. The number of ether oxygens (including phenoxy) is 1. The molecule has 0 aromatic heterocycles. The van der Waals surface area contributed by atoms with Crippen LogP contribution in [0.15, 0.2) is 42.5 Å². The predicted molar refractivity (Wildman–Crippen MR) is 110 cm³/mol. The third kappa shape index (κ3) is 3.58. The summed E-state index contributed by atoms with van der Waals surface area (Å²) >= 11 is 0.